The number of hydrogen-bond donors (Lipinski definition) is 3. The third-order valence-corrected chi connectivity index (χ3v) is 4.51. The highest BCUT2D eigenvalue weighted by molar-refractivity contribution is 9.10. The van der Waals surface area contributed by atoms with Gasteiger partial charge in [0, 0.05) is 0 Å². The molecule has 1 heterocycles. The van der Waals surface area contributed by atoms with Crippen LogP contribution in [0, 0.1) is 12.7 Å². The monoisotopic (exact) mass is 375 g/mol. The number of hydrazine groups is 1. The van der Waals surface area contributed by atoms with Crippen molar-refractivity contribution in [3.8, 4) is 0 Å². The summed E-state index contributed by atoms with van der Waals surface area (Å²) >= 11 is 3.01. The largest absolute Gasteiger partial charge is 0.292 e. The number of sulfonamides is 1. The number of rotatable bonds is 4. The van der Waals surface area contributed by atoms with E-state index in [1.54, 1.807) is 6.92 Å². The molecule has 4 N–H and O–H groups in total. The van der Waals surface area contributed by atoms with Crippen LogP contribution in [-0.2, 0) is 10.0 Å². The van der Waals surface area contributed by atoms with Gasteiger partial charge in [0.1, 0.15) is 10.7 Å². The fourth-order valence-electron chi connectivity index (χ4n) is 1.49. The van der Waals surface area contributed by atoms with Crippen LogP contribution < -0.4 is 16.0 Å². The smallest absolute Gasteiger partial charge is 0.264 e. The number of halogens is 2. The number of anilines is 2. The Hall–Kier alpha value is -1.78. The highest BCUT2D eigenvalue weighted by Crippen LogP contribution is 2.26. The van der Waals surface area contributed by atoms with E-state index < -0.39 is 15.8 Å². The Labute approximate surface area is 128 Å². The van der Waals surface area contributed by atoms with Crippen LogP contribution in [0.2, 0.25) is 0 Å². The SMILES string of the molecule is Cc1cc(F)c(Br)cc1NS(=O)(=O)c1cnc(NN)nc1. The van der Waals surface area contributed by atoms with Crippen LogP contribution in [-0.4, -0.2) is 18.4 Å². The van der Waals surface area contributed by atoms with Gasteiger partial charge in [0.25, 0.3) is 10.0 Å². The van der Waals surface area contributed by atoms with Gasteiger partial charge in [0.05, 0.1) is 22.6 Å². The molecular weight excluding hydrogens is 365 g/mol. The van der Waals surface area contributed by atoms with E-state index in [0.29, 0.717) is 5.56 Å². The maximum absolute atomic E-state index is 13.3. The number of nitrogens with one attached hydrogen (secondary N) is 2. The average Bonchev–Trinajstić information content (AvgIpc) is 2.44. The predicted octanol–water partition coefficient (Wildman–Crippen LogP) is 1.77. The second-order valence-electron chi connectivity index (χ2n) is 4.07. The maximum Gasteiger partial charge on any atom is 0.264 e. The Morgan fingerprint density at radius 2 is 1.90 bits per heavy atom. The number of nitrogens with zero attached hydrogens (tertiary/aromatic N) is 2. The Balaban J connectivity index is 2.34. The standard InChI is InChI=1S/C11H11BrFN5O2S/c1-6-2-9(13)8(12)3-10(6)18-21(19,20)7-4-15-11(17-14)16-5-7/h2-5,18H,14H2,1H3,(H,15,16,17). The molecule has 112 valence electrons. The summed E-state index contributed by atoms with van der Waals surface area (Å²) in [5.74, 6) is 4.72. The number of aryl methyl sites for hydroxylation is 1. The minimum absolute atomic E-state index is 0.0923. The van der Waals surface area contributed by atoms with Crippen molar-refractivity contribution >= 4 is 37.6 Å². The number of hydrogen-bond acceptors (Lipinski definition) is 6. The predicted molar refractivity (Wildman–Crippen MR) is 79.5 cm³/mol. The van der Waals surface area contributed by atoms with E-state index in [-0.39, 0.29) is 21.0 Å². The lowest BCUT2D eigenvalue weighted by Gasteiger charge is -2.11. The second kappa shape index (κ2) is 5.92. The summed E-state index contributed by atoms with van der Waals surface area (Å²) in [7, 11) is -3.88. The molecule has 0 saturated heterocycles. The van der Waals surface area contributed by atoms with Crippen LogP contribution in [0.25, 0.3) is 0 Å². The summed E-state index contributed by atoms with van der Waals surface area (Å²) in [5.41, 5.74) is 2.89. The first-order chi connectivity index (χ1) is 9.83. The normalized spacial score (nSPS) is 11.2. The van der Waals surface area contributed by atoms with Crippen molar-refractivity contribution < 1.29 is 12.8 Å². The number of nitrogen functional groups attached to an aromatic ring is 1. The molecule has 0 atom stereocenters. The summed E-state index contributed by atoms with van der Waals surface area (Å²) in [6, 6.07) is 2.57. The maximum atomic E-state index is 13.3. The van der Waals surface area contributed by atoms with Crippen LogP contribution in [0.3, 0.4) is 0 Å². The number of aromatic nitrogens is 2. The fraction of sp³-hybridized carbons (Fsp3) is 0.0909. The van der Waals surface area contributed by atoms with Gasteiger partial charge in [-0.25, -0.2) is 28.6 Å². The van der Waals surface area contributed by atoms with Crippen LogP contribution in [0.15, 0.2) is 33.9 Å². The minimum Gasteiger partial charge on any atom is -0.292 e. The van der Waals surface area contributed by atoms with Crippen molar-refractivity contribution in [2.24, 2.45) is 5.84 Å². The first-order valence-corrected chi connectivity index (χ1v) is 7.88. The summed E-state index contributed by atoms with van der Waals surface area (Å²) in [6.07, 6.45) is 2.22. The molecule has 0 fully saturated rings. The van der Waals surface area contributed by atoms with Crippen LogP contribution >= 0.6 is 15.9 Å². The van der Waals surface area contributed by atoms with Gasteiger partial charge in [-0.3, -0.25) is 10.1 Å². The summed E-state index contributed by atoms with van der Waals surface area (Å²) in [4.78, 5) is 7.31. The minimum atomic E-state index is -3.88. The van der Waals surface area contributed by atoms with Crippen molar-refractivity contribution in [1.82, 2.24) is 9.97 Å². The van der Waals surface area contributed by atoms with Crippen molar-refractivity contribution in [3.63, 3.8) is 0 Å². The Morgan fingerprint density at radius 3 is 2.48 bits per heavy atom. The number of benzene rings is 1. The third kappa shape index (κ3) is 3.46. The lowest BCUT2D eigenvalue weighted by Crippen LogP contribution is -2.16. The highest BCUT2D eigenvalue weighted by Gasteiger charge is 2.17. The zero-order valence-electron chi connectivity index (χ0n) is 10.8. The fourth-order valence-corrected chi connectivity index (χ4v) is 2.84. The molecule has 2 aromatic rings. The van der Waals surface area contributed by atoms with Gasteiger partial charge in [0.15, 0.2) is 0 Å². The van der Waals surface area contributed by atoms with Gasteiger partial charge in [-0.1, -0.05) is 0 Å². The van der Waals surface area contributed by atoms with Gasteiger partial charge in [0.2, 0.25) is 5.95 Å². The molecule has 0 aliphatic rings. The molecule has 0 unspecified atom stereocenters. The van der Waals surface area contributed by atoms with Gasteiger partial charge in [-0.2, -0.15) is 0 Å². The molecule has 21 heavy (non-hydrogen) atoms. The van der Waals surface area contributed by atoms with E-state index in [1.807, 2.05) is 0 Å². The number of nitrogens with two attached hydrogens (primary N) is 1. The third-order valence-electron chi connectivity index (χ3n) is 2.58. The lowest BCUT2D eigenvalue weighted by atomic mass is 10.2. The van der Waals surface area contributed by atoms with Crippen LogP contribution in [0.5, 0.6) is 0 Å². The summed E-state index contributed by atoms with van der Waals surface area (Å²) in [5, 5.41) is 0. The average molecular weight is 376 g/mol. The molecule has 0 radical (unpaired) electrons. The zero-order chi connectivity index (χ0) is 15.6. The van der Waals surface area contributed by atoms with Crippen molar-refractivity contribution in [1.29, 1.82) is 0 Å². The molecule has 2 rings (SSSR count). The molecule has 0 spiro atoms. The van der Waals surface area contributed by atoms with Gasteiger partial charge in [-0.15, -0.1) is 0 Å². The molecule has 0 aliphatic carbocycles. The molecule has 0 saturated carbocycles. The first-order valence-electron chi connectivity index (χ1n) is 5.60. The quantitative estimate of drug-likeness (QED) is 0.554. The van der Waals surface area contributed by atoms with E-state index in [4.69, 9.17) is 5.84 Å². The zero-order valence-corrected chi connectivity index (χ0v) is 13.2. The highest BCUT2D eigenvalue weighted by atomic mass is 79.9. The molecule has 0 aliphatic heterocycles. The van der Waals surface area contributed by atoms with Crippen molar-refractivity contribution in [3.05, 3.63) is 40.4 Å². The van der Waals surface area contributed by atoms with Crippen molar-refractivity contribution in [2.45, 2.75) is 11.8 Å². The molecule has 1 aromatic heterocycles. The molecule has 0 bridgehead atoms. The molecule has 1 aromatic carbocycles. The van der Waals surface area contributed by atoms with Gasteiger partial charge in [-0.05, 0) is 40.5 Å². The van der Waals surface area contributed by atoms with E-state index in [2.05, 4.69) is 36.0 Å². The molecule has 0 amide bonds. The van der Waals surface area contributed by atoms with Crippen LogP contribution in [0.4, 0.5) is 16.0 Å². The van der Waals surface area contributed by atoms with Gasteiger partial charge >= 0.3 is 0 Å². The van der Waals surface area contributed by atoms with E-state index in [0.717, 1.165) is 12.4 Å². The second-order valence-corrected chi connectivity index (χ2v) is 6.61. The molecular formula is C11H11BrFN5O2S. The van der Waals surface area contributed by atoms with Gasteiger partial charge < -0.3 is 0 Å². The van der Waals surface area contributed by atoms with E-state index in [9.17, 15) is 12.8 Å². The lowest BCUT2D eigenvalue weighted by molar-refractivity contribution is 0.600. The molecule has 10 heteroatoms. The van der Waals surface area contributed by atoms with Crippen LogP contribution in [0.1, 0.15) is 5.56 Å². The Bertz CT molecular complexity index is 767. The topological polar surface area (TPSA) is 110 Å². The molecule has 7 nitrogen and oxygen atoms in total. The van der Waals surface area contributed by atoms with Crippen molar-refractivity contribution in [2.75, 3.05) is 10.1 Å². The Morgan fingerprint density at radius 1 is 1.29 bits per heavy atom. The summed E-state index contributed by atoms with van der Waals surface area (Å²) in [6.45, 7) is 1.59. The summed E-state index contributed by atoms with van der Waals surface area (Å²) < 4.78 is 40.2. The Kier molecular flexibility index (Phi) is 4.40. The van der Waals surface area contributed by atoms with E-state index >= 15 is 0 Å². The first kappa shape index (κ1) is 15.6. The van der Waals surface area contributed by atoms with E-state index in [1.165, 1.54) is 12.1 Å².